The molecule has 1 spiro atoms. The van der Waals surface area contributed by atoms with Crippen LogP contribution in [0.25, 0.3) is 44.5 Å². The SMILES string of the molecule is Cc1cc2c3c(c1)N(c1ccc(C(C)C)cc1)c1c(sc4c1-c1ccc(C(C)C)cc1C41c4ccccc4-c4ccccc41)B3c1ccc(-c3cc(C(C)C)ccc3-c3ccccc3)cc1N2c1ccc(C(C)(C)C)cc1. The van der Waals surface area contributed by atoms with Gasteiger partial charge in [-0.15, -0.1) is 11.3 Å². The maximum absolute atomic E-state index is 2.69. The molecule has 9 aromatic carbocycles. The fourth-order valence-corrected chi connectivity index (χ4v) is 15.3. The van der Waals surface area contributed by atoms with E-state index in [0.717, 1.165) is 0 Å². The standard InChI is InChI=1S/C73H65BN2S/c1-43(2)47-24-31-54(32-25-47)76-66-39-46(7)38-65-68(66)74(71-69(76)67-58-36-27-50(45(5)6)41-62(58)73(70(67)77-71)60-22-16-14-20-56(60)57-21-15-17-23-61(57)73)63-37-28-51(42-64(63)75(65)53-33-29-52(30-34-53)72(8,9)10)59-40-49(44(3)4)26-35-55(59)48-18-12-11-13-19-48/h11-45H,1-10H3. The van der Waals surface area contributed by atoms with E-state index >= 15 is 0 Å². The van der Waals surface area contributed by atoms with E-state index in [4.69, 9.17) is 0 Å². The summed E-state index contributed by atoms with van der Waals surface area (Å²) in [7, 11) is 0. The van der Waals surface area contributed by atoms with E-state index in [1.807, 2.05) is 0 Å². The van der Waals surface area contributed by atoms with Crippen LogP contribution < -0.4 is 25.5 Å². The summed E-state index contributed by atoms with van der Waals surface area (Å²) in [6.07, 6.45) is 0. The third kappa shape index (κ3) is 7.00. The van der Waals surface area contributed by atoms with Crippen LogP contribution >= 0.6 is 11.3 Å². The Labute approximate surface area is 460 Å². The Morgan fingerprint density at radius 3 is 1.65 bits per heavy atom. The van der Waals surface area contributed by atoms with Gasteiger partial charge in [0.25, 0.3) is 6.71 Å². The molecular weight excluding hydrogens is 948 g/mol. The van der Waals surface area contributed by atoms with Gasteiger partial charge in [0, 0.05) is 43.7 Å². The van der Waals surface area contributed by atoms with Crippen LogP contribution in [0.3, 0.4) is 0 Å². The zero-order valence-electron chi connectivity index (χ0n) is 46.1. The molecule has 0 amide bonds. The van der Waals surface area contributed by atoms with Crippen molar-refractivity contribution in [2.45, 2.75) is 97.8 Å². The predicted octanol–water partition coefficient (Wildman–Crippen LogP) is 18.5. The van der Waals surface area contributed by atoms with Gasteiger partial charge in [0.15, 0.2) is 0 Å². The molecule has 2 aliphatic carbocycles. The van der Waals surface area contributed by atoms with Crippen LogP contribution in [0.2, 0.25) is 0 Å². The smallest absolute Gasteiger partial charge is 0.264 e. The molecule has 2 nitrogen and oxygen atoms in total. The Kier molecular flexibility index (Phi) is 10.8. The Hall–Kier alpha value is -7.66. The minimum Gasteiger partial charge on any atom is -0.311 e. The summed E-state index contributed by atoms with van der Waals surface area (Å²) in [6.45, 7) is 23.1. The fraction of sp³-hybridized carbons (Fsp3) is 0.205. The quantitative estimate of drug-likeness (QED) is 0.147. The number of benzene rings is 9. The number of nitrogens with zero attached hydrogens (tertiary/aromatic N) is 2. The van der Waals surface area contributed by atoms with Crippen LogP contribution in [0.5, 0.6) is 0 Å². The molecule has 3 heterocycles. The van der Waals surface area contributed by atoms with Gasteiger partial charge in [-0.3, -0.25) is 0 Å². The number of fused-ring (bicyclic) bond motifs is 15. The van der Waals surface area contributed by atoms with Gasteiger partial charge in [-0.25, -0.2) is 0 Å². The van der Waals surface area contributed by atoms with E-state index in [1.165, 1.54) is 144 Å². The highest BCUT2D eigenvalue weighted by Gasteiger charge is 2.57. The summed E-state index contributed by atoms with van der Waals surface area (Å²) in [5.41, 5.74) is 30.8. The van der Waals surface area contributed by atoms with Crippen LogP contribution in [0.4, 0.5) is 34.1 Å². The van der Waals surface area contributed by atoms with Crippen LogP contribution in [-0.2, 0) is 10.8 Å². The Bertz CT molecular complexity index is 3970. The molecule has 14 rings (SSSR count). The van der Waals surface area contributed by atoms with Gasteiger partial charge in [-0.1, -0.05) is 214 Å². The Morgan fingerprint density at radius 1 is 0.455 bits per heavy atom. The van der Waals surface area contributed by atoms with E-state index in [9.17, 15) is 0 Å². The Balaban J connectivity index is 1.10. The largest absolute Gasteiger partial charge is 0.311 e. The average molecular weight is 1010 g/mol. The molecule has 0 N–H and O–H groups in total. The van der Waals surface area contributed by atoms with Crippen molar-refractivity contribution in [1.82, 2.24) is 0 Å². The molecule has 10 aromatic rings. The lowest BCUT2D eigenvalue weighted by atomic mass is 9.36. The molecule has 0 radical (unpaired) electrons. The summed E-state index contributed by atoms with van der Waals surface area (Å²) >= 11 is 2.08. The van der Waals surface area contributed by atoms with Gasteiger partial charge in [0.2, 0.25) is 0 Å². The minimum absolute atomic E-state index is 0.0165. The first-order valence-corrected chi connectivity index (χ1v) is 28.8. The van der Waals surface area contributed by atoms with E-state index in [1.54, 1.807) is 0 Å². The molecule has 0 bridgehead atoms. The van der Waals surface area contributed by atoms with Crippen LogP contribution in [0, 0.1) is 6.92 Å². The number of hydrogen-bond donors (Lipinski definition) is 0. The Morgan fingerprint density at radius 2 is 1.01 bits per heavy atom. The van der Waals surface area contributed by atoms with E-state index in [0.29, 0.717) is 17.8 Å². The first kappa shape index (κ1) is 47.8. The van der Waals surface area contributed by atoms with Crippen molar-refractivity contribution in [2.24, 2.45) is 0 Å². The first-order valence-electron chi connectivity index (χ1n) is 28.0. The number of hydrogen-bond acceptors (Lipinski definition) is 3. The van der Waals surface area contributed by atoms with Gasteiger partial charge in [0.1, 0.15) is 0 Å². The highest BCUT2D eigenvalue weighted by molar-refractivity contribution is 7.30. The highest BCUT2D eigenvalue weighted by atomic mass is 32.1. The maximum atomic E-state index is 2.69. The molecular formula is C73H65BN2S. The zero-order chi connectivity index (χ0) is 52.8. The second-order valence-corrected chi connectivity index (χ2v) is 25.3. The second kappa shape index (κ2) is 17.4. The lowest BCUT2D eigenvalue weighted by Crippen LogP contribution is -2.60. The van der Waals surface area contributed by atoms with Crippen LogP contribution in [0.15, 0.2) is 194 Å². The van der Waals surface area contributed by atoms with Gasteiger partial charge in [0.05, 0.1) is 11.1 Å². The molecule has 0 saturated heterocycles. The maximum Gasteiger partial charge on any atom is 0.264 e. The summed E-state index contributed by atoms with van der Waals surface area (Å²) in [6, 6.07) is 75.7. The predicted molar refractivity (Wildman–Crippen MR) is 331 cm³/mol. The van der Waals surface area contributed by atoms with Crippen LogP contribution in [-0.4, -0.2) is 6.71 Å². The third-order valence-electron chi connectivity index (χ3n) is 17.6. The van der Waals surface area contributed by atoms with Crippen molar-refractivity contribution in [1.29, 1.82) is 0 Å². The third-order valence-corrected chi connectivity index (χ3v) is 19.0. The van der Waals surface area contributed by atoms with Crippen molar-refractivity contribution in [3.05, 3.63) is 244 Å². The molecule has 4 heteroatoms. The molecule has 376 valence electrons. The van der Waals surface area contributed by atoms with Crippen molar-refractivity contribution in [2.75, 3.05) is 9.80 Å². The lowest BCUT2D eigenvalue weighted by Gasteiger charge is -2.44. The van der Waals surface area contributed by atoms with E-state index < -0.39 is 5.41 Å². The number of aryl methyl sites for hydroxylation is 1. The topological polar surface area (TPSA) is 6.48 Å². The molecule has 77 heavy (non-hydrogen) atoms. The summed E-state index contributed by atoms with van der Waals surface area (Å²) in [5.74, 6) is 1.19. The summed E-state index contributed by atoms with van der Waals surface area (Å²) in [4.78, 5) is 6.73. The first-order chi connectivity index (χ1) is 37.2. The van der Waals surface area contributed by atoms with E-state index in [2.05, 4.69) is 284 Å². The monoisotopic (exact) mass is 1010 g/mol. The van der Waals surface area contributed by atoms with Crippen molar-refractivity contribution in [3.63, 3.8) is 0 Å². The molecule has 0 unspecified atom stereocenters. The summed E-state index contributed by atoms with van der Waals surface area (Å²) < 4.78 is 1.41. The lowest BCUT2D eigenvalue weighted by molar-refractivity contribution is 0.590. The van der Waals surface area contributed by atoms with Gasteiger partial charge in [-0.05, 0) is 167 Å². The number of rotatable bonds is 7. The van der Waals surface area contributed by atoms with Crippen LogP contribution in [0.1, 0.15) is 129 Å². The van der Waals surface area contributed by atoms with E-state index in [-0.39, 0.29) is 12.1 Å². The molecule has 2 aliphatic heterocycles. The van der Waals surface area contributed by atoms with Gasteiger partial charge >= 0.3 is 0 Å². The molecule has 1 aromatic heterocycles. The number of anilines is 6. The molecule has 0 saturated carbocycles. The highest BCUT2D eigenvalue weighted by Crippen LogP contribution is 2.67. The van der Waals surface area contributed by atoms with Gasteiger partial charge < -0.3 is 9.80 Å². The second-order valence-electron chi connectivity index (χ2n) is 24.3. The molecule has 4 aliphatic rings. The number of thiophene rings is 1. The van der Waals surface area contributed by atoms with Crippen molar-refractivity contribution >= 4 is 67.9 Å². The van der Waals surface area contributed by atoms with Gasteiger partial charge in [-0.2, -0.15) is 0 Å². The average Bonchev–Trinajstić information content (AvgIpc) is 3.57. The minimum atomic E-state index is -0.486. The van der Waals surface area contributed by atoms with Crippen molar-refractivity contribution < 1.29 is 0 Å². The fourth-order valence-electron chi connectivity index (χ4n) is 13.7. The summed E-state index contributed by atoms with van der Waals surface area (Å²) in [5, 5.41) is 0. The molecule has 0 atom stereocenters. The normalized spacial score (nSPS) is 14.2. The zero-order valence-corrected chi connectivity index (χ0v) is 46.9. The van der Waals surface area contributed by atoms with Crippen molar-refractivity contribution in [3.8, 4) is 44.5 Å². The molecule has 0 fully saturated rings.